The molecular formula is C45H61N5O32. The summed E-state index contributed by atoms with van der Waals surface area (Å²) in [6, 6.07) is -4.55. The number of ketones is 3. The lowest BCUT2D eigenvalue weighted by Crippen LogP contribution is -2.44. The Labute approximate surface area is 463 Å². The molecule has 0 aromatic heterocycles. The van der Waals surface area contributed by atoms with Crippen LogP contribution in [0, 0.1) is 0 Å². The summed E-state index contributed by atoms with van der Waals surface area (Å²) >= 11 is 0. The topological polar surface area (TPSA) is 556 Å². The van der Waals surface area contributed by atoms with E-state index in [1.54, 1.807) is 0 Å². The van der Waals surface area contributed by atoms with E-state index in [1.807, 2.05) is 5.32 Å². The van der Waals surface area contributed by atoms with Crippen LogP contribution in [0.1, 0.15) is 40.0 Å². The highest BCUT2D eigenvalue weighted by Crippen LogP contribution is 2.00. The predicted octanol–water partition coefficient (Wildman–Crippen LogP) is -4.34. The maximum absolute atomic E-state index is 11.5. The lowest BCUT2D eigenvalue weighted by Gasteiger charge is -2.14. The Morgan fingerprint density at radius 1 is 0.427 bits per heavy atom. The Morgan fingerprint density at radius 2 is 0.793 bits per heavy atom. The number of carboxylic acids is 1. The number of esters is 11. The molecule has 37 heteroatoms. The maximum Gasteiger partial charge on any atom is 0.508 e. The van der Waals surface area contributed by atoms with Gasteiger partial charge in [0.2, 0.25) is 20.4 Å². The smallest absolute Gasteiger partial charge is 0.481 e. The first-order chi connectivity index (χ1) is 38.4. The van der Waals surface area contributed by atoms with E-state index >= 15 is 0 Å². The molecule has 0 aromatic rings. The fourth-order valence-electron chi connectivity index (χ4n) is 3.56. The monoisotopic (exact) mass is 1180 g/mol. The van der Waals surface area contributed by atoms with Crippen LogP contribution < -0.4 is 28.4 Å². The highest BCUT2D eigenvalue weighted by molar-refractivity contribution is 5.94. The van der Waals surface area contributed by atoms with Crippen LogP contribution in [0.25, 0.3) is 0 Å². The van der Waals surface area contributed by atoms with Crippen LogP contribution in [-0.2, 0) is 138 Å². The standard InChI is InChI=1S/C12H17NO8.C11H14N2O10.2C11H15NO7/c1-8(14)9(13)7-21-12(17)20-6-5-19-11(16)4-3-10(15)18-2;1-20-8(16)2-3-9(17)21-5-22-10(18)6(4-7(14)15)13-11(19)23-12;1-7(13)8(12)5-11(16)19-6-18-10(15)4-3-9(14)17-2;1-7(13)5-8(12)11(16)19-6-18-10(15)4-3-9(14)17-2/h3-4,9H,5-7,13H2,1-2H3;2-3,6H,4-5,12H2,1H3,(H,13,19)(H,14,15);2*3-4,8H,5-6,12H2,1-2H3/b4-3+;3-2+;2*4-3+/t9-;6-;2*8-/m0000/s1. The van der Waals surface area contributed by atoms with Crippen molar-refractivity contribution in [1.29, 1.82) is 0 Å². The number of rotatable bonds is 30. The molecule has 37 nitrogen and oxygen atoms in total. The Morgan fingerprint density at radius 3 is 1.16 bits per heavy atom. The Kier molecular flexibility index (Phi) is 46.1. The van der Waals surface area contributed by atoms with Crippen molar-refractivity contribution in [2.45, 2.75) is 64.2 Å². The second-order valence-corrected chi connectivity index (χ2v) is 14.0. The van der Waals surface area contributed by atoms with Crippen molar-refractivity contribution in [2.24, 2.45) is 23.1 Å². The molecule has 0 aliphatic heterocycles. The number of nitrogens with one attached hydrogen (secondary N) is 1. The normalized spacial score (nSPS) is 11.5. The Balaban J connectivity index is -0.000000496. The molecule has 4 atom stereocenters. The van der Waals surface area contributed by atoms with Crippen LogP contribution in [-0.4, -0.2) is 199 Å². The van der Waals surface area contributed by atoms with Crippen molar-refractivity contribution < 1.29 is 153 Å². The number of Topliss-reactive ketones (excluding diaryl/α,β-unsaturated/α-hetero) is 3. The number of hydrogen-bond acceptors (Lipinski definition) is 35. The van der Waals surface area contributed by atoms with Crippen molar-refractivity contribution in [1.82, 2.24) is 5.32 Å². The van der Waals surface area contributed by atoms with Crippen molar-refractivity contribution in [2.75, 3.05) is 68.6 Å². The van der Waals surface area contributed by atoms with Crippen LogP contribution in [0.3, 0.4) is 0 Å². The van der Waals surface area contributed by atoms with E-state index in [1.165, 1.54) is 20.8 Å². The lowest BCUT2D eigenvalue weighted by molar-refractivity contribution is -0.168. The molecule has 0 saturated carbocycles. The van der Waals surface area contributed by atoms with Crippen LogP contribution in [0.2, 0.25) is 0 Å². The molecule has 0 fully saturated rings. The first kappa shape index (κ1) is 78.5. The summed E-state index contributed by atoms with van der Waals surface area (Å²) in [5.41, 5.74) is 16.0. The summed E-state index contributed by atoms with van der Waals surface area (Å²) in [5, 5.41) is 10.4. The molecule has 0 rings (SSSR count). The van der Waals surface area contributed by atoms with Crippen LogP contribution in [0.5, 0.6) is 0 Å². The fraction of sp³-hybridized carbons (Fsp3) is 0.444. The predicted molar refractivity (Wildman–Crippen MR) is 259 cm³/mol. The van der Waals surface area contributed by atoms with Gasteiger partial charge in [-0.1, -0.05) is 0 Å². The molecule has 0 aliphatic carbocycles. The third kappa shape index (κ3) is 49.6. The minimum absolute atomic E-state index is 0.158. The van der Waals surface area contributed by atoms with Gasteiger partial charge in [0, 0.05) is 55.0 Å². The Hall–Kier alpha value is -10.0. The van der Waals surface area contributed by atoms with Crippen LogP contribution in [0.4, 0.5) is 9.59 Å². The number of amides is 1. The van der Waals surface area contributed by atoms with E-state index in [2.05, 4.69) is 72.3 Å². The molecule has 0 aromatic carbocycles. The van der Waals surface area contributed by atoms with Gasteiger partial charge in [-0.05, 0) is 20.8 Å². The number of methoxy groups -OCH3 is 4. The zero-order valence-corrected chi connectivity index (χ0v) is 44.7. The quantitative estimate of drug-likeness (QED) is 0.00989. The number of ether oxygens (including phenoxy) is 13. The molecule has 1 amide bonds. The molecule has 0 heterocycles. The average Bonchev–Trinajstić information content (AvgIpc) is 3.42. The van der Waals surface area contributed by atoms with Gasteiger partial charge in [-0.3, -0.25) is 28.8 Å². The summed E-state index contributed by atoms with van der Waals surface area (Å²) in [6.07, 6.45) is 3.03. The summed E-state index contributed by atoms with van der Waals surface area (Å²) in [5.74, 6) is -7.19. The summed E-state index contributed by atoms with van der Waals surface area (Å²) in [4.78, 5) is 189. The van der Waals surface area contributed by atoms with Gasteiger partial charge in [0.05, 0.1) is 53.4 Å². The van der Waals surface area contributed by atoms with Crippen molar-refractivity contribution in [3.05, 3.63) is 48.6 Å². The van der Waals surface area contributed by atoms with Crippen molar-refractivity contribution >= 4 is 101 Å². The van der Waals surface area contributed by atoms with Gasteiger partial charge >= 0.3 is 83.9 Å². The largest absolute Gasteiger partial charge is 0.508 e. The molecule has 0 aliphatic rings. The third-order valence-electron chi connectivity index (χ3n) is 7.68. The van der Waals surface area contributed by atoms with E-state index in [0.717, 1.165) is 77.0 Å². The first-order valence-electron chi connectivity index (χ1n) is 22.0. The number of carbonyl (C=O) groups excluding carboxylic acids is 16. The molecule has 10 N–H and O–H groups in total. The second kappa shape index (κ2) is 48.1. The fourth-order valence-corrected chi connectivity index (χ4v) is 3.56. The summed E-state index contributed by atoms with van der Waals surface area (Å²) < 4.78 is 57.4. The number of carboxylic acid groups (broad SMARTS) is 1. The van der Waals surface area contributed by atoms with E-state index in [0.29, 0.717) is 0 Å². The Bertz CT molecular complexity index is 2330. The van der Waals surface area contributed by atoms with E-state index in [-0.39, 0.29) is 50.0 Å². The lowest BCUT2D eigenvalue weighted by atomic mass is 10.1. The third-order valence-corrected chi connectivity index (χ3v) is 7.68. The van der Waals surface area contributed by atoms with Gasteiger partial charge in [0.25, 0.3) is 0 Å². The minimum Gasteiger partial charge on any atom is -0.481 e. The highest BCUT2D eigenvalue weighted by Gasteiger charge is 2.26. The molecule has 0 unspecified atom stereocenters. The first-order valence-corrected chi connectivity index (χ1v) is 22.0. The zero-order chi connectivity index (χ0) is 63.8. The molecular weight excluding hydrogens is 1120 g/mol. The van der Waals surface area contributed by atoms with Gasteiger partial charge in [-0.25, -0.2) is 52.7 Å². The van der Waals surface area contributed by atoms with Crippen molar-refractivity contribution in [3.8, 4) is 0 Å². The second-order valence-electron chi connectivity index (χ2n) is 14.0. The van der Waals surface area contributed by atoms with Crippen LogP contribution >= 0.6 is 0 Å². The van der Waals surface area contributed by atoms with Crippen LogP contribution in [0.15, 0.2) is 48.6 Å². The number of hydrogen-bond donors (Lipinski definition) is 6. The maximum atomic E-state index is 11.5. The molecule has 82 heavy (non-hydrogen) atoms. The number of nitrogens with two attached hydrogens (primary N) is 4. The minimum atomic E-state index is -1.60. The molecule has 0 saturated heterocycles. The molecule has 458 valence electrons. The summed E-state index contributed by atoms with van der Waals surface area (Å²) in [6.45, 7) is 0.863. The van der Waals surface area contributed by atoms with Gasteiger partial charge < -0.3 is 94.0 Å². The van der Waals surface area contributed by atoms with Gasteiger partial charge in [0.15, 0.2) is 0 Å². The number of carbonyl (C=O) groups is 17. The molecule has 0 bridgehead atoms. The van der Waals surface area contributed by atoms with Gasteiger partial charge in [0.1, 0.15) is 49.3 Å². The number of aliphatic carboxylic acids is 1. The van der Waals surface area contributed by atoms with Gasteiger partial charge in [-0.15, -0.1) is 0 Å². The zero-order valence-electron chi connectivity index (χ0n) is 44.7. The van der Waals surface area contributed by atoms with E-state index < -0.39 is 135 Å². The van der Waals surface area contributed by atoms with Crippen molar-refractivity contribution in [3.63, 3.8) is 0 Å². The summed E-state index contributed by atoms with van der Waals surface area (Å²) in [7, 11) is 4.56. The van der Waals surface area contributed by atoms with E-state index in [4.69, 9.17) is 22.3 Å². The average molecular weight is 1180 g/mol. The van der Waals surface area contributed by atoms with E-state index in [9.17, 15) is 81.5 Å². The molecule has 0 spiro atoms. The van der Waals surface area contributed by atoms with Gasteiger partial charge in [-0.2, -0.15) is 5.90 Å². The highest BCUT2D eigenvalue weighted by atomic mass is 16.7. The molecule has 0 radical (unpaired) electrons. The SMILES string of the molecule is COC(=O)/C=C/C(=O)OCCOC(=O)OC[C@H](N)C(C)=O.COC(=O)/C=C/C(=O)OCOC(=O)C[C@H](N)C(C)=O.COC(=O)/C=C/C(=O)OCOC(=O)[C@@H](N)CC(C)=O.COC(=O)/C=C/C(=O)OCOC(=O)[C@H](CC(=O)O)NC(=O)ON.